The summed E-state index contributed by atoms with van der Waals surface area (Å²) in [5, 5.41) is 10.1. The molecule has 0 saturated heterocycles. The number of rotatable bonds is 8. The molecule has 1 N–H and O–H groups in total. The number of aliphatic hydroxyl groups excluding tert-OH is 1. The summed E-state index contributed by atoms with van der Waals surface area (Å²) in [4.78, 5) is 2.32. The van der Waals surface area contributed by atoms with Crippen LogP contribution in [0.5, 0.6) is 0 Å². The molecule has 1 aromatic rings. The summed E-state index contributed by atoms with van der Waals surface area (Å²) < 4.78 is 26.7. The molecule has 1 fully saturated rings. The lowest BCUT2D eigenvalue weighted by atomic mass is 10.1. The van der Waals surface area contributed by atoms with E-state index < -0.39 is 17.7 Å². The second kappa shape index (κ2) is 7.14. The predicted octanol–water partition coefficient (Wildman–Crippen LogP) is 3.51. The number of halogens is 2. The Labute approximate surface area is 119 Å². The number of nitrogens with zero attached hydrogens (tertiary/aromatic N) is 1. The van der Waals surface area contributed by atoms with Gasteiger partial charge in [-0.15, -0.1) is 0 Å². The monoisotopic (exact) mass is 283 g/mol. The Kier molecular flexibility index (Phi) is 5.49. The van der Waals surface area contributed by atoms with E-state index in [1.54, 1.807) is 0 Å². The van der Waals surface area contributed by atoms with Gasteiger partial charge in [0.1, 0.15) is 0 Å². The van der Waals surface area contributed by atoms with E-state index in [1.807, 2.05) is 0 Å². The molecule has 2 rings (SSSR count). The van der Waals surface area contributed by atoms with Gasteiger partial charge in [0.05, 0.1) is 6.10 Å². The highest BCUT2D eigenvalue weighted by molar-refractivity contribution is 5.21. The van der Waals surface area contributed by atoms with E-state index >= 15 is 0 Å². The fourth-order valence-corrected chi connectivity index (χ4v) is 2.51. The normalized spacial score (nSPS) is 16.6. The average molecular weight is 283 g/mol. The first-order chi connectivity index (χ1) is 9.61. The molecule has 1 aromatic carbocycles. The molecule has 0 spiro atoms. The van der Waals surface area contributed by atoms with E-state index in [9.17, 15) is 13.9 Å². The van der Waals surface area contributed by atoms with Crippen molar-refractivity contribution in [1.29, 1.82) is 0 Å². The Hall–Kier alpha value is -1.00. The molecule has 0 heterocycles. The lowest BCUT2D eigenvalue weighted by Crippen LogP contribution is -2.29. The van der Waals surface area contributed by atoms with Gasteiger partial charge in [-0.1, -0.05) is 19.1 Å². The van der Waals surface area contributed by atoms with E-state index in [1.165, 1.54) is 25.0 Å². The highest BCUT2D eigenvalue weighted by Gasteiger charge is 2.24. The number of aliphatic hydroxyl groups is 1. The first-order valence-corrected chi connectivity index (χ1v) is 7.46. The molecule has 1 atom stereocenters. The fraction of sp³-hybridized carbons (Fsp3) is 0.625. The van der Waals surface area contributed by atoms with E-state index in [4.69, 9.17) is 0 Å². The maximum Gasteiger partial charge on any atom is 0.164 e. The first-order valence-electron chi connectivity index (χ1n) is 7.46. The second-order valence-electron chi connectivity index (χ2n) is 5.69. The molecular formula is C16H23F2NO. The maximum atomic E-state index is 13.6. The average Bonchev–Trinajstić information content (AvgIpc) is 3.23. The second-order valence-corrected chi connectivity index (χ2v) is 5.69. The van der Waals surface area contributed by atoms with Crippen LogP contribution in [0.1, 0.15) is 44.3 Å². The number of hydrogen-bond donors (Lipinski definition) is 1. The minimum Gasteiger partial charge on any atom is -0.388 e. The summed E-state index contributed by atoms with van der Waals surface area (Å²) >= 11 is 0. The zero-order valence-corrected chi connectivity index (χ0v) is 12.0. The Balaban J connectivity index is 1.88. The van der Waals surface area contributed by atoms with Crippen molar-refractivity contribution in [2.75, 3.05) is 19.6 Å². The molecule has 1 aliphatic rings. The molecule has 112 valence electrons. The molecule has 0 radical (unpaired) electrons. The largest absolute Gasteiger partial charge is 0.388 e. The van der Waals surface area contributed by atoms with Crippen molar-refractivity contribution in [2.45, 2.75) is 38.7 Å². The van der Waals surface area contributed by atoms with E-state index in [2.05, 4.69) is 11.8 Å². The van der Waals surface area contributed by atoms with Gasteiger partial charge < -0.3 is 10.0 Å². The van der Waals surface area contributed by atoms with Gasteiger partial charge in [-0.25, -0.2) is 8.78 Å². The summed E-state index contributed by atoms with van der Waals surface area (Å²) in [6, 6.07) is 3.96. The third-order valence-electron chi connectivity index (χ3n) is 3.81. The summed E-state index contributed by atoms with van der Waals surface area (Å²) in [7, 11) is 0. The lowest BCUT2D eigenvalue weighted by molar-refractivity contribution is 0.135. The molecular weight excluding hydrogens is 260 g/mol. The van der Waals surface area contributed by atoms with E-state index in [-0.39, 0.29) is 5.56 Å². The van der Waals surface area contributed by atoms with Crippen molar-refractivity contribution in [2.24, 2.45) is 5.92 Å². The van der Waals surface area contributed by atoms with E-state index in [0.717, 1.165) is 38.0 Å². The zero-order valence-electron chi connectivity index (χ0n) is 12.0. The molecule has 0 aliphatic heterocycles. The van der Waals surface area contributed by atoms with Gasteiger partial charge in [0, 0.05) is 18.7 Å². The third-order valence-corrected chi connectivity index (χ3v) is 3.81. The zero-order chi connectivity index (χ0) is 14.5. The van der Waals surface area contributed by atoms with Crippen molar-refractivity contribution in [1.82, 2.24) is 4.90 Å². The predicted molar refractivity (Wildman–Crippen MR) is 75.4 cm³/mol. The SMILES string of the molecule is CCCN(CCC(O)c1cccc(F)c1F)CC1CC1. The Bertz CT molecular complexity index is 434. The number of benzene rings is 1. The van der Waals surface area contributed by atoms with Crippen LogP contribution in [-0.4, -0.2) is 29.6 Å². The van der Waals surface area contributed by atoms with Crippen LogP contribution in [0.2, 0.25) is 0 Å². The molecule has 2 nitrogen and oxygen atoms in total. The van der Waals surface area contributed by atoms with Gasteiger partial charge in [0.2, 0.25) is 0 Å². The van der Waals surface area contributed by atoms with Crippen molar-refractivity contribution in [3.63, 3.8) is 0 Å². The van der Waals surface area contributed by atoms with Crippen LogP contribution >= 0.6 is 0 Å². The molecule has 20 heavy (non-hydrogen) atoms. The molecule has 0 amide bonds. The first kappa shape index (κ1) is 15.4. The van der Waals surface area contributed by atoms with Crippen LogP contribution in [0.25, 0.3) is 0 Å². The van der Waals surface area contributed by atoms with Crippen molar-refractivity contribution >= 4 is 0 Å². The molecule has 1 aliphatic carbocycles. The Morgan fingerprint density at radius 2 is 2.05 bits per heavy atom. The van der Waals surface area contributed by atoms with Crippen molar-refractivity contribution < 1.29 is 13.9 Å². The molecule has 1 unspecified atom stereocenters. The maximum absolute atomic E-state index is 13.6. The van der Waals surface area contributed by atoms with Gasteiger partial charge in [0.25, 0.3) is 0 Å². The molecule has 4 heteroatoms. The smallest absolute Gasteiger partial charge is 0.164 e. The summed E-state index contributed by atoms with van der Waals surface area (Å²) in [6.07, 6.45) is 3.15. The van der Waals surface area contributed by atoms with Gasteiger partial charge in [-0.05, 0) is 44.2 Å². The van der Waals surface area contributed by atoms with Crippen LogP contribution < -0.4 is 0 Å². The minimum atomic E-state index is -0.941. The van der Waals surface area contributed by atoms with Crippen LogP contribution in [0.3, 0.4) is 0 Å². The highest BCUT2D eigenvalue weighted by atomic mass is 19.2. The van der Waals surface area contributed by atoms with Gasteiger partial charge in [-0.3, -0.25) is 0 Å². The highest BCUT2D eigenvalue weighted by Crippen LogP contribution is 2.30. The standard InChI is InChI=1S/C16H23F2NO/c1-2-9-19(11-12-6-7-12)10-8-15(20)13-4-3-5-14(17)16(13)18/h3-5,12,15,20H,2,6-11H2,1H3. The molecule has 1 saturated carbocycles. The van der Waals surface area contributed by atoms with Gasteiger partial charge in [0.15, 0.2) is 11.6 Å². The lowest BCUT2D eigenvalue weighted by Gasteiger charge is -2.23. The Morgan fingerprint density at radius 3 is 2.70 bits per heavy atom. The quantitative estimate of drug-likeness (QED) is 0.789. The minimum absolute atomic E-state index is 0.0628. The summed E-state index contributed by atoms with van der Waals surface area (Å²) in [5.74, 6) is -1.03. The van der Waals surface area contributed by atoms with Crippen LogP contribution in [0, 0.1) is 17.6 Å². The van der Waals surface area contributed by atoms with Crippen molar-refractivity contribution in [3.8, 4) is 0 Å². The van der Waals surface area contributed by atoms with Gasteiger partial charge in [-0.2, -0.15) is 0 Å². The van der Waals surface area contributed by atoms with Crippen LogP contribution in [0.15, 0.2) is 18.2 Å². The topological polar surface area (TPSA) is 23.5 Å². The third kappa shape index (κ3) is 4.25. The fourth-order valence-electron chi connectivity index (χ4n) is 2.51. The summed E-state index contributed by atoms with van der Waals surface area (Å²) in [6.45, 7) is 4.91. The van der Waals surface area contributed by atoms with E-state index in [0.29, 0.717) is 6.42 Å². The number of hydrogen-bond acceptors (Lipinski definition) is 2. The summed E-state index contributed by atoms with van der Waals surface area (Å²) in [5.41, 5.74) is 0.0628. The van der Waals surface area contributed by atoms with Crippen LogP contribution in [0.4, 0.5) is 8.78 Å². The van der Waals surface area contributed by atoms with Crippen molar-refractivity contribution in [3.05, 3.63) is 35.4 Å². The van der Waals surface area contributed by atoms with Gasteiger partial charge >= 0.3 is 0 Å². The molecule has 0 aromatic heterocycles. The Morgan fingerprint density at radius 1 is 1.30 bits per heavy atom. The van der Waals surface area contributed by atoms with Crippen LogP contribution in [-0.2, 0) is 0 Å². The molecule has 0 bridgehead atoms.